The van der Waals surface area contributed by atoms with Gasteiger partial charge in [-0.05, 0) is 42.9 Å². The number of hydrogen-bond acceptors (Lipinski definition) is 3. The second-order valence-electron chi connectivity index (χ2n) is 6.49. The second-order valence-corrected chi connectivity index (χ2v) is 6.90. The molecule has 26 heavy (non-hydrogen) atoms. The number of hydrogen-bond donors (Lipinski definition) is 1. The average Bonchev–Trinajstić information content (AvgIpc) is 2.64. The van der Waals surface area contributed by atoms with E-state index in [0.717, 1.165) is 31.7 Å². The third kappa shape index (κ3) is 4.62. The van der Waals surface area contributed by atoms with Crippen molar-refractivity contribution in [2.24, 2.45) is 0 Å². The summed E-state index contributed by atoms with van der Waals surface area (Å²) in [5.41, 5.74) is 2.09. The van der Waals surface area contributed by atoms with Crippen LogP contribution in [0.2, 0.25) is 5.02 Å². The Labute approximate surface area is 158 Å². The highest BCUT2D eigenvalue weighted by Gasteiger charge is 2.20. The van der Waals surface area contributed by atoms with Crippen LogP contribution in [0.1, 0.15) is 15.9 Å². The third-order valence-corrected chi connectivity index (χ3v) is 4.88. The summed E-state index contributed by atoms with van der Waals surface area (Å²) in [4.78, 5) is 28.8. The minimum absolute atomic E-state index is 0.0343. The quantitative estimate of drug-likeness (QED) is 0.899. The molecule has 2 amide bonds. The van der Waals surface area contributed by atoms with Gasteiger partial charge >= 0.3 is 0 Å². The first-order valence-electron chi connectivity index (χ1n) is 8.64. The van der Waals surface area contributed by atoms with Crippen molar-refractivity contribution in [1.29, 1.82) is 0 Å². The predicted octanol–water partition coefficient (Wildman–Crippen LogP) is 2.91. The summed E-state index contributed by atoms with van der Waals surface area (Å²) < 4.78 is 0. The predicted molar refractivity (Wildman–Crippen MR) is 104 cm³/mol. The largest absolute Gasteiger partial charge is 0.336 e. The molecule has 1 N–H and O–H groups in total. The topological polar surface area (TPSA) is 52.6 Å². The molecule has 1 aliphatic rings. The standard InChI is InChI=1S/C20H22ClN3O2/c1-23-10-12-24(13-11-23)20(26)15-6-8-17(9-7-15)22-19(25)14-16-4-2-3-5-18(16)21/h2-9H,10-14H2,1H3,(H,22,25). The van der Waals surface area contributed by atoms with Gasteiger partial charge in [0, 0.05) is 42.5 Å². The van der Waals surface area contributed by atoms with E-state index < -0.39 is 0 Å². The summed E-state index contributed by atoms with van der Waals surface area (Å²) in [5, 5.41) is 3.42. The van der Waals surface area contributed by atoms with Crippen LogP contribution in [-0.2, 0) is 11.2 Å². The fourth-order valence-electron chi connectivity index (χ4n) is 2.91. The lowest BCUT2D eigenvalue weighted by atomic mass is 10.1. The number of nitrogens with one attached hydrogen (secondary N) is 1. The van der Waals surface area contributed by atoms with E-state index in [2.05, 4.69) is 17.3 Å². The fraction of sp³-hybridized carbons (Fsp3) is 0.300. The van der Waals surface area contributed by atoms with E-state index in [1.165, 1.54) is 0 Å². The van der Waals surface area contributed by atoms with Crippen LogP contribution in [0.5, 0.6) is 0 Å². The maximum Gasteiger partial charge on any atom is 0.253 e. The van der Waals surface area contributed by atoms with Gasteiger partial charge in [-0.25, -0.2) is 0 Å². The van der Waals surface area contributed by atoms with Gasteiger partial charge in [0.1, 0.15) is 0 Å². The van der Waals surface area contributed by atoms with E-state index in [0.29, 0.717) is 16.3 Å². The van der Waals surface area contributed by atoms with E-state index in [9.17, 15) is 9.59 Å². The molecule has 0 aliphatic carbocycles. The summed E-state index contributed by atoms with van der Waals surface area (Å²) in [6.45, 7) is 3.27. The van der Waals surface area contributed by atoms with Crippen LogP contribution >= 0.6 is 11.6 Å². The summed E-state index contributed by atoms with van der Waals surface area (Å²) in [6.07, 6.45) is 0.210. The molecule has 0 saturated carbocycles. The first kappa shape index (κ1) is 18.4. The number of rotatable bonds is 4. The summed E-state index contributed by atoms with van der Waals surface area (Å²) in [6, 6.07) is 14.3. The minimum atomic E-state index is -0.142. The van der Waals surface area contributed by atoms with Crippen LogP contribution in [0, 0.1) is 0 Å². The van der Waals surface area contributed by atoms with Crippen molar-refractivity contribution in [3.05, 3.63) is 64.7 Å². The number of amides is 2. The normalized spacial score (nSPS) is 14.9. The Balaban J connectivity index is 1.58. The third-order valence-electron chi connectivity index (χ3n) is 4.51. The maximum absolute atomic E-state index is 12.5. The summed E-state index contributed by atoms with van der Waals surface area (Å²) >= 11 is 6.08. The van der Waals surface area contributed by atoms with Crippen LogP contribution in [0.3, 0.4) is 0 Å². The number of halogens is 1. The number of piperazine rings is 1. The molecule has 0 atom stereocenters. The lowest BCUT2D eigenvalue weighted by Gasteiger charge is -2.32. The average molecular weight is 372 g/mol. The molecule has 1 fully saturated rings. The molecule has 6 heteroatoms. The highest BCUT2D eigenvalue weighted by atomic mass is 35.5. The van der Waals surface area contributed by atoms with Crippen LogP contribution in [0.15, 0.2) is 48.5 Å². The van der Waals surface area contributed by atoms with Crippen molar-refractivity contribution >= 4 is 29.1 Å². The van der Waals surface area contributed by atoms with Gasteiger partial charge in [-0.2, -0.15) is 0 Å². The summed E-state index contributed by atoms with van der Waals surface area (Å²) in [7, 11) is 2.06. The molecule has 2 aromatic rings. The Bertz CT molecular complexity index is 784. The number of anilines is 1. The van der Waals surface area contributed by atoms with Crippen molar-refractivity contribution in [3.63, 3.8) is 0 Å². The molecule has 1 aliphatic heterocycles. The number of nitrogens with zero attached hydrogens (tertiary/aromatic N) is 2. The van der Waals surface area contributed by atoms with Crippen LogP contribution in [0.4, 0.5) is 5.69 Å². The molecule has 3 rings (SSSR count). The Morgan fingerprint density at radius 1 is 1.00 bits per heavy atom. The highest BCUT2D eigenvalue weighted by molar-refractivity contribution is 6.31. The Hall–Kier alpha value is -2.37. The number of likely N-dealkylation sites (N-methyl/N-ethyl adjacent to an activating group) is 1. The molecule has 0 radical (unpaired) electrons. The smallest absolute Gasteiger partial charge is 0.253 e. The van der Waals surface area contributed by atoms with Crippen LogP contribution < -0.4 is 5.32 Å². The monoisotopic (exact) mass is 371 g/mol. The highest BCUT2D eigenvalue weighted by Crippen LogP contribution is 2.17. The lowest BCUT2D eigenvalue weighted by molar-refractivity contribution is -0.115. The molecule has 0 spiro atoms. The van der Waals surface area contributed by atoms with Gasteiger partial charge in [0.15, 0.2) is 0 Å². The van der Waals surface area contributed by atoms with Gasteiger partial charge in [0.05, 0.1) is 6.42 Å². The van der Waals surface area contributed by atoms with Crippen molar-refractivity contribution in [3.8, 4) is 0 Å². The Morgan fingerprint density at radius 2 is 1.65 bits per heavy atom. The maximum atomic E-state index is 12.5. The molecule has 1 heterocycles. The zero-order valence-electron chi connectivity index (χ0n) is 14.7. The van der Waals surface area contributed by atoms with Crippen molar-refractivity contribution < 1.29 is 9.59 Å². The lowest BCUT2D eigenvalue weighted by Crippen LogP contribution is -2.47. The minimum Gasteiger partial charge on any atom is -0.336 e. The van der Waals surface area contributed by atoms with E-state index >= 15 is 0 Å². The SMILES string of the molecule is CN1CCN(C(=O)c2ccc(NC(=O)Cc3ccccc3Cl)cc2)CC1. The van der Waals surface area contributed by atoms with Gasteiger partial charge in [0.25, 0.3) is 5.91 Å². The van der Waals surface area contributed by atoms with Gasteiger partial charge in [-0.15, -0.1) is 0 Å². The van der Waals surface area contributed by atoms with Crippen molar-refractivity contribution in [2.45, 2.75) is 6.42 Å². The molecule has 5 nitrogen and oxygen atoms in total. The van der Waals surface area contributed by atoms with Crippen LogP contribution in [0.25, 0.3) is 0 Å². The van der Waals surface area contributed by atoms with Gasteiger partial charge in [0.2, 0.25) is 5.91 Å². The summed E-state index contributed by atoms with van der Waals surface area (Å²) in [5.74, 6) is -0.108. The van der Waals surface area contributed by atoms with Gasteiger partial charge in [-0.1, -0.05) is 29.8 Å². The van der Waals surface area contributed by atoms with Crippen LogP contribution in [-0.4, -0.2) is 54.8 Å². The number of benzene rings is 2. The molecule has 0 aromatic heterocycles. The molecular weight excluding hydrogens is 350 g/mol. The molecule has 0 bridgehead atoms. The molecule has 2 aromatic carbocycles. The van der Waals surface area contributed by atoms with Gasteiger partial charge < -0.3 is 15.1 Å². The second kappa shape index (κ2) is 8.34. The molecule has 0 unspecified atom stereocenters. The first-order chi connectivity index (χ1) is 12.5. The number of carbonyl (C=O) groups is 2. The van der Waals surface area contributed by atoms with Crippen molar-refractivity contribution in [2.75, 3.05) is 38.5 Å². The molecular formula is C20H22ClN3O2. The molecule has 136 valence electrons. The van der Waals surface area contributed by atoms with E-state index in [4.69, 9.17) is 11.6 Å². The Kier molecular flexibility index (Phi) is 5.91. The van der Waals surface area contributed by atoms with Gasteiger partial charge in [-0.3, -0.25) is 9.59 Å². The number of carbonyl (C=O) groups excluding carboxylic acids is 2. The zero-order chi connectivity index (χ0) is 18.5. The first-order valence-corrected chi connectivity index (χ1v) is 9.02. The van der Waals surface area contributed by atoms with Crippen molar-refractivity contribution in [1.82, 2.24) is 9.80 Å². The van der Waals surface area contributed by atoms with E-state index in [1.54, 1.807) is 30.3 Å². The van der Waals surface area contributed by atoms with E-state index in [-0.39, 0.29) is 18.2 Å². The zero-order valence-corrected chi connectivity index (χ0v) is 15.5. The fourth-order valence-corrected chi connectivity index (χ4v) is 3.11. The molecule has 1 saturated heterocycles. The van der Waals surface area contributed by atoms with E-state index in [1.807, 2.05) is 23.1 Å². The Morgan fingerprint density at radius 3 is 2.31 bits per heavy atom.